The summed E-state index contributed by atoms with van der Waals surface area (Å²) in [5.74, 6) is -2.89. The first-order chi connectivity index (χ1) is 5.52. The van der Waals surface area contributed by atoms with Gasteiger partial charge in [-0.2, -0.15) is 0 Å². The highest BCUT2D eigenvalue weighted by Crippen LogP contribution is 2.19. The minimum atomic E-state index is -0.995. The smallest absolute Gasteiger partial charge is 0.248 e. The van der Waals surface area contributed by atoms with Crippen LogP contribution in [0.5, 0.6) is 0 Å². The highest BCUT2D eigenvalue weighted by Gasteiger charge is 2.10. The summed E-state index contributed by atoms with van der Waals surface area (Å²) in [4.78, 5) is 10.5. The number of primary amides is 1. The number of halogens is 3. The minimum Gasteiger partial charge on any atom is -0.366 e. The van der Waals surface area contributed by atoms with E-state index in [0.717, 1.165) is 12.1 Å². The third kappa shape index (κ3) is 1.53. The Labute approximate surface area is 71.9 Å². The molecule has 0 heterocycles. The van der Waals surface area contributed by atoms with Gasteiger partial charge < -0.3 is 5.73 Å². The molecule has 0 aliphatic rings. The maximum Gasteiger partial charge on any atom is 0.248 e. The quantitative estimate of drug-likeness (QED) is 0.675. The molecule has 2 nitrogen and oxygen atoms in total. The van der Waals surface area contributed by atoms with Crippen molar-refractivity contribution in [1.82, 2.24) is 0 Å². The second-order valence-corrected chi connectivity index (χ2v) is 2.50. The molecule has 0 radical (unpaired) electrons. The highest BCUT2D eigenvalue weighted by atomic mass is 35.5. The zero-order chi connectivity index (χ0) is 9.30. The van der Waals surface area contributed by atoms with Crippen LogP contribution in [0.3, 0.4) is 0 Å². The van der Waals surface area contributed by atoms with E-state index in [0.29, 0.717) is 0 Å². The number of nitrogens with two attached hydrogens (primary N) is 1. The van der Waals surface area contributed by atoms with Gasteiger partial charge in [-0.3, -0.25) is 4.79 Å². The predicted molar refractivity (Wildman–Crippen MR) is 39.9 cm³/mol. The predicted octanol–water partition coefficient (Wildman–Crippen LogP) is 1.72. The van der Waals surface area contributed by atoms with Crippen molar-refractivity contribution in [1.29, 1.82) is 0 Å². The lowest BCUT2D eigenvalue weighted by Gasteiger charge is -1.98. The van der Waals surface area contributed by atoms with Gasteiger partial charge in [0.15, 0.2) is 0 Å². The van der Waals surface area contributed by atoms with Gasteiger partial charge in [0, 0.05) is 5.56 Å². The first-order valence-corrected chi connectivity index (χ1v) is 3.34. The first kappa shape index (κ1) is 8.93. The molecule has 0 aromatic heterocycles. The van der Waals surface area contributed by atoms with Crippen molar-refractivity contribution >= 4 is 17.5 Å². The van der Waals surface area contributed by atoms with E-state index in [1.165, 1.54) is 0 Å². The molecule has 0 bridgehead atoms. The summed E-state index contributed by atoms with van der Waals surface area (Å²) in [6, 6.07) is 1.57. The fourth-order valence-electron chi connectivity index (χ4n) is 0.698. The SMILES string of the molecule is NC(=O)c1cc(F)c(Cl)c(F)c1. The molecule has 2 N–H and O–H groups in total. The Hall–Kier alpha value is -1.16. The fourth-order valence-corrected chi connectivity index (χ4v) is 0.807. The fraction of sp³-hybridized carbons (Fsp3) is 0. The molecule has 0 spiro atoms. The summed E-state index contributed by atoms with van der Waals surface area (Å²) in [5, 5.41) is -0.639. The van der Waals surface area contributed by atoms with Crippen LogP contribution in [0, 0.1) is 11.6 Å². The Bertz CT molecular complexity index is 317. The average molecular weight is 192 g/mol. The van der Waals surface area contributed by atoms with E-state index < -0.39 is 22.6 Å². The van der Waals surface area contributed by atoms with Crippen LogP contribution in [0.2, 0.25) is 5.02 Å². The lowest BCUT2D eigenvalue weighted by Crippen LogP contribution is -2.11. The van der Waals surface area contributed by atoms with Crippen LogP contribution in [0.25, 0.3) is 0 Å². The third-order valence-electron chi connectivity index (χ3n) is 1.27. The van der Waals surface area contributed by atoms with Gasteiger partial charge in [0.25, 0.3) is 0 Å². The van der Waals surface area contributed by atoms with Crippen LogP contribution in [0.4, 0.5) is 8.78 Å². The summed E-state index contributed by atoms with van der Waals surface area (Å²) in [6.45, 7) is 0. The summed E-state index contributed by atoms with van der Waals surface area (Å²) in [6.07, 6.45) is 0. The van der Waals surface area contributed by atoms with Crippen LogP contribution in [0.1, 0.15) is 10.4 Å². The van der Waals surface area contributed by atoms with Crippen LogP contribution in [-0.2, 0) is 0 Å². The number of hydrogen-bond donors (Lipinski definition) is 1. The Balaban J connectivity index is 3.31. The molecule has 64 valence electrons. The molecule has 1 aromatic carbocycles. The molecule has 0 aliphatic heterocycles. The molecule has 0 atom stereocenters. The second kappa shape index (κ2) is 3.06. The number of benzene rings is 1. The molecule has 1 amide bonds. The Morgan fingerprint density at radius 2 is 1.75 bits per heavy atom. The summed E-state index contributed by atoms with van der Waals surface area (Å²) in [7, 11) is 0. The molecule has 0 saturated carbocycles. The van der Waals surface area contributed by atoms with Gasteiger partial charge >= 0.3 is 0 Å². The van der Waals surface area contributed by atoms with Crippen LogP contribution < -0.4 is 5.73 Å². The number of amides is 1. The molecule has 0 fully saturated rings. The van der Waals surface area contributed by atoms with E-state index in [9.17, 15) is 13.6 Å². The van der Waals surface area contributed by atoms with E-state index in [1.807, 2.05) is 0 Å². The zero-order valence-corrected chi connectivity index (χ0v) is 6.53. The third-order valence-corrected chi connectivity index (χ3v) is 1.63. The van der Waals surface area contributed by atoms with Gasteiger partial charge in [0.1, 0.15) is 16.7 Å². The number of carbonyl (C=O) groups excluding carboxylic acids is 1. The number of carbonyl (C=O) groups is 1. The maximum absolute atomic E-state index is 12.6. The van der Waals surface area contributed by atoms with Crippen molar-refractivity contribution in [3.63, 3.8) is 0 Å². The van der Waals surface area contributed by atoms with Gasteiger partial charge in [0.05, 0.1) is 0 Å². The van der Waals surface area contributed by atoms with E-state index in [-0.39, 0.29) is 5.56 Å². The number of hydrogen-bond acceptors (Lipinski definition) is 1. The lowest BCUT2D eigenvalue weighted by atomic mass is 10.2. The summed E-state index contributed by atoms with van der Waals surface area (Å²) in [5.41, 5.74) is 4.54. The first-order valence-electron chi connectivity index (χ1n) is 2.96. The van der Waals surface area contributed by atoms with Crippen molar-refractivity contribution in [2.75, 3.05) is 0 Å². The largest absolute Gasteiger partial charge is 0.366 e. The molecular formula is C7H4ClF2NO. The van der Waals surface area contributed by atoms with Crippen LogP contribution in [0.15, 0.2) is 12.1 Å². The van der Waals surface area contributed by atoms with Gasteiger partial charge in [-0.15, -0.1) is 0 Å². The topological polar surface area (TPSA) is 43.1 Å². The van der Waals surface area contributed by atoms with Crippen molar-refractivity contribution < 1.29 is 13.6 Å². The highest BCUT2D eigenvalue weighted by molar-refractivity contribution is 6.31. The minimum absolute atomic E-state index is 0.241. The Kier molecular flexibility index (Phi) is 2.28. The average Bonchev–Trinajstić information content (AvgIpc) is 1.99. The molecule has 1 rings (SSSR count). The van der Waals surface area contributed by atoms with Gasteiger partial charge in [-0.25, -0.2) is 8.78 Å². The molecular weight excluding hydrogens is 188 g/mol. The molecule has 0 aliphatic carbocycles. The van der Waals surface area contributed by atoms with Gasteiger partial charge in [-0.05, 0) is 12.1 Å². The van der Waals surface area contributed by atoms with Gasteiger partial charge in [0.2, 0.25) is 5.91 Å². The van der Waals surface area contributed by atoms with E-state index in [1.54, 1.807) is 0 Å². The Morgan fingerprint density at radius 3 is 2.08 bits per heavy atom. The monoisotopic (exact) mass is 191 g/mol. The summed E-state index contributed by atoms with van der Waals surface area (Å²) < 4.78 is 25.2. The van der Waals surface area contributed by atoms with E-state index in [2.05, 4.69) is 0 Å². The van der Waals surface area contributed by atoms with Crippen molar-refractivity contribution in [3.05, 3.63) is 34.4 Å². The normalized spacial score (nSPS) is 9.92. The summed E-state index contributed by atoms with van der Waals surface area (Å²) >= 11 is 5.15. The van der Waals surface area contributed by atoms with Gasteiger partial charge in [-0.1, -0.05) is 11.6 Å². The second-order valence-electron chi connectivity index (χ2n) is 2.12. The number of rotatable bonds is 1. The molecule has 5 heteroatoms. The zero-order valence-electron chi connectivity index (χ0n) is 5.77. The van der Waals surface area contributed by atoms with Crippen molar-refractivity contribution in [2.45, 2.75) is 0 Å². The van der Waals surface area contributed by atoms with Crippen LogP contribution >= 0.6 is 11.6 Å². The molecule has 1 aromatic rings. The lowest BCUT2D eigenvalue weighted by molar-refractivity contribution is 0.0999. The standard InChI is InChI=1S/C7H4ClF2NO/c8-6-4(9)1-3(7(11)12)2-5(6)10/h1-2H,(H2,11,12). The Morgan fingerprint density at radius 1 is 1.33 bits per heavy atom. The van der Waals surface area contributed by atoms with Crippen molar-refractivity contribution in [2.24, 2.45) is 5.73 Å². The van der Waals surface area contributed by atoms with E-state index >= 15 is 0 Å². The van der Waals surface area contributed by atoms with E-state index in [4.69, 9.17) is 17.3 Å². The molecule has 0 saturated heterocycles. The van der Waals surface area contributed by atoms with Crippen molar-refractivity contribution in [3.8, 4) is 0 Å². The maximum atomic E-state index is 12.6. The molecule has 0 unspecified atom stereocenters. The molecule has 12 heavy (non-hydrogen) atoms. The van der Waals surface area contributed by atoms with Crippen LogP contribution in [-0.4, -0.2) is 5.91 Å².